The van der Waals surface area contributed by atoms with E-state index in [1.807, 2.05) is 34.8 Å². The molecule has 0 saturated carbocycles. The first-order chi connectivity index (χ1) is 11.6. The molecule has 2 aromatic carbocycles. The zero-order valence-electron chi connectivity index (χ0n) is 12.3. The van der Waals surface area contributed by atoms with Gasteiger partial charge in [0.2, 0.25) is 5.95 Å². The molecular weight excluding hydrogens is 374 g/mol. The standard InChI is InChI=1S/C16H12BrN5O2/c17-10-3-6-13-12(8-10)19-16-20-15(21-22(13)16)18-11-4-1-9(2-5-11)7-14(23)24/h1-6,8H,7H2,(H,23,24)(H2,18,19,20,21). The van der Waals surface area contributed by atoms with Crippen LogP contribution in [-0.2, 0) is 11.2 Å². The number of rotatable bonds is 4. The minimum Gasteiger partial charge on any atom is -0.481 e. The van der Waals surface area contributed by atoms with Crippen LogP contribution >= 0.6 is 15.9 Å². The van der Waals surface area contributed by atoms with Crippen LogP contribution in [0.2, 0.25) is 0 Å². The highest BCUT2D eigenvalue weighted by Crippen LogP contribution is 2.22. The molecule has 0 spiro atoms. The van der Waals surface area contributed by atoms with E-state index in [2.05, 4.69) is 36.3 Å². The minimum atomic E-state index is -0.846. The van der Waals surface area contributed by atoms with E-state index in [9.17, 15) is 4.79 Å². The van der Waals surface area contributed by atoms with Crippen molar-refractivity contribution in [3.05, 3.63) is 52.5 Å². The Morgan fingerprint density at radius 2 is 2.00 bits per heavy atom. The quantitative estimate of drug-likeness (QED) is 0.500. The summed E-state index contributed by atoms with van der Waals surface area (Å²) in [6.45, 7) is 0. The molecule has 0 saturated heterocycles. The van der Waals surface area contributed by atoms with Crippen LogP contribution in [0.25, 0.3) is 16.8 Å². The Kier molecular flexibility index (Phi) is 3.46. The second-order valence-electron chi connectivity index (χ2n) is 5.34. The third kappa shape index (κ3) is 2.71. The van der Waals surface area contributed by atoms with Crippen molar-refractivity contribution in [1.29, 1.82) is 0 Å². The van der Waals surface area contributed by atoms with Gasteiger partial charge in [0.15, 0.2) is 0 Å². The summed E-state index contributed by atoms with van der Waals surface area (Å²) in [6, 6.07) is 13.0. The number of imidazole rings is 1. The van der Waals surface area contributed by atoms with Crippen molar-refractivity contribution < 1.29 is 9.90 Å². The fourth-order valence-electron chi connectivity index (χ4n) is 2.53. The van der Waals surface area contributed by atoms with Crippen LogP contribution in [-0.4, -0.2) is 30.7 Å². The number of hydrogen-bond donors (Lipinski definition) is 3. The lowest BCUT2D eigenvalue weighted by Crippen LogP contribution is -2.00. The predicted octanol–water partition coefficient (Wildman–Crippen LogP) is 3.34. The number of aromatic amines is 1. The zero-order valence-corrected chi connectivity index (χ0v) is 13.9. The van der Waals surface area contributed by atoms with E-state index >= 15 is 0 Å². The number of halogens is 1. The lowest BCUT2D eigenvalue weighted by Gasteiger charge is -2.03. The topological polar surface area (TPSA) is 95.3 Å². The first-order valence-corrected chi connectivity index (χ1v) is 7.99. The molecule has 0 aliphatic carbocycles. The van der Waals surface area contributed by atoms with Gasteiger partial charge in [0.1, 0.15) is 0 Å². The van der Waals surface area contributed by atoms with Crippen LogP contribution in [0.15, 0.2) is 46.9 Å². The molecule has 120 valence electrons. The van der Waals surface area contributed by atoms with Gasteiger partial charge in [-0.25, -0.2) is 9.50 Å². The molecule has 0 bridgehead atoms. The van der Waals surface area contributed by atoms with Crippen molar-refractivity contribution in [3.8, 4) is 0 Å². The summed E-state index contributed by atoms with van der Waals surface area (Å²) in [4.78, 5) is 19.6. The lowest BCUT2D eigenvalue weighted by molar-refractivity contribution is -0.136. The van der Waals surface area contributed by atoms with E-state index in [0.717, 1.165) is 26.8 Å². The average molecular weight is 386 g/mol. The highest BCUT2D eigenvalue weighted by molar-refractivity contribution is 9.10. The van der Waals surface area contributed by atoms with Gasteiger partial charge in [-0.05, 0) is 35.9 Å². The van der Waals surface area contributed by atoms with Gasteiger partial charge in [-0.3, -0.25) is 9.89 Å². The minimum absolute atomic E-state index is 0.0103. The molecule has 24 heavy (non-hydrogen) atoms. The summed E-state index contributed by atoms with van der Waals surface area (Å²) in [5.41, 5.74) is 3.35. The maximum absolute atomic E-state index is 10.7. The number of nitrogens with one attached hydrogen (secondary N) is 2. The van der Waals surface area contributed by atoms with E-state index in [4.69, 9.17) is 5.11 Å². The highest BCUT2D eigenvalue weighted by atomic mass is 79.9. The van der Waals surface area contributed by atoms with Gasteiger partial charge < -0.3 is 10.4 Å². The van der Waals surface area contributed by atoms with Crippen molar-refractivity contribution in [3.63, 3.8) is 0 Å². The molecule has 2 heterocycles. The van der Waals surface area contributed by atoms with Crippen molar-refractivity contribution in [2.45, 2.75) is 6.42 Å². The Hall–Kier alpha value is -2.87. The van der Waals surface area contributed by atoms with E-state index < -0.39 is 5.97 Å². The Morgan fingerprint density at radius 3 is 2.75 bits per heavy atom. The number of nitrogens with zero attached hydrogens (tertiary/aromatic N) is 3. The molecule has 0 aliphatic rings. The highest BCUT2D eigenvalue weighted by Gasteiger charge is 2.10. The molecule has 8 heteroatoms. The van der Waals surface area contributed by atoms with E-state index in [-0.39, 0.29) is 6.42 Å². The zero-order chi connectivity index (χ0) is 16.7. The number of H-pyrrole nitrogens is 1. The molecule has 0 unspecified atom stereocenters. The Balaban J connectivity index is 1.61. The van der Waals surface area contributed by atoms with Gasteiger partial charge >= 0.3 is 5.97 Å². The number of anilines is 2. The van der Waals surface area contributed by atoms with Crippen molar-refractivity contribution in [2.75, 3.05) is 5.32 Å². The second-order valence-corrected chi connectivity index (χ2v) is 6.26. The SMILES string of the molecule is O=C(O)Cc1ccc(Nc2nc3nc4cc(Br)ccc4n3[nH]2)cc1. The molecule has 0 amide bonds. The van der Waals surface area contributed by atoms with Gasteiger partial charge in [0.25, 0.3) is 5.78 Å². The van der Waals surface area contributed by atoms with Crippen LogP contribution in [0.5, 0.6) is 0 Å². The lowest BCUT2D eigenvalue weighted by atomic mass is 10.1. The number of benzene rings is 2. The van der Waals surface area contributed by atoms with Gasteiger partial charge in [-0.1, -0.05) is 28.1 Å². The first kappa shape index (κ1) is 14.7. The summed E-state index contributed by atoms with van der Waals surface area (Å²) < 4.78 is 2.78. The monoisotopic (exact) mass is 385 g/mol. The first-order valence-electron chi connectivity index (χ1n) is 7.20. The van der Waals surface area contributed by atoms with Crippen LogP contribution < -0.4 is 5.32 Å². The number of fused-ring (bicyclic) bond motifs is 3. The molecule has 7 nitrogen and oxygen atoms in total. The molecule has 0 aliphatic heterocycles. The van der Waals surface area contributed by atoms with Crippen LogP contribution in [0.4, 0.5) is 11.6 Å². The Morgan fingerprint density at radius 1 is 1.21 bits per heavy atom. The molecule has 4 aromatic rings. The number of carboxylic acid groups (broad SMARTS) is 1. The van der Waals surface area contributed by atoms with E-state index in [1.165, 1.54) is 0 Å². The van der Waals surface area contributed by atoms with Crippen LogP contribution in [0.1, 0.15) is 5.56 Å². The summed E-state index contributed by atoms with van der Waals surface area (Å²) in [6.07, 6.45) is 0.0103. The second kappa shape index (κ2) is 5.64. The fraction of sp³-hybridized carbons (Fsp3) is 0.0625. The van der Waals surface area contributed by atoms with Gasteiger partial charge in [-0.2, -0.15) is 4.98 Å². The molecular formula is C16H12BrN5O2. The van der Waals surface area contributed by atoms with Gasteiger partial charge in [0, 0.05) is 10.2 Å². The maximum Gasteiger partial charge on any atom is 0.307 e. The normalized spacial score (nSPS) is 11.2. The van der Waals surface area contributed by atoms with Gasteiger partial charge in [0.05, 0.1) is 17.5 Å². The maximum atomic E-state index is 10.7. The van der Waals surface area contributed by atoms with E-state index in [0.29, 0.717) is 11.7 Å². The summed E-state index contributed by atoms with van der Waals surface area (Å²) >= 11 is 3.43. The number of aromatic nitrogens is 4. The fourth-order valence-corrected chi connectivity index (χ4v) is 2.88. The molecule has 0 atom stereocenters. The largest absolute Gasteiger partial charge is 0.481 e. The summed E-state index contributed by atoms with van der Waals surface area (Å²) in [5, 5.41) is 15.1. The van der Waals surface area contributed by atoms with Crippen LogP contribution in [0.3, 0.4) is 0 Å². The average Bonchev–Trinajstić information content (AvgIpc) is 3.05. The third-order valence-corrected chi connectivity index (χ3v) is 4.09. The van der Waals surface area contributed by atoms with Gasteiger partial charge in [-0.15, -0.1) is 0 Å². The summed E-state index contributed by atoms with van der Waals surface area (Å²) in [5.74, 6) is 0.294. The van der Waals surface area contributed by atoms with Crippen molar-refractivity contribution >= 4 is 50.3 Å². The van der Waals surface area contributed by atoms with Crippen molar-refractivity contribution in [1.82, 2.24) is 19.6 Å². The predicted molar refractivity (Wildman–Crippen MR) is 93.6 cm³/mol. The Labute approximate surface area is 144 Å². The van der Waals surface area contributed by atoms with E-state index in [1.54, 1.807) is 12.1 Å². The number of carboxylic acids is 1. The molecule has 2 aromatic heterocycles. The molecule has 3 N–H and O–H groups in total. The van der Waals surface area contributed by atoms with Crippen molar-refractivity contribution in [2.24, 2.45) is 0 Å². The smallest absolute Gasteiger partial charge is 0.307 e. The third-order valence-electron chi connectivity index (χ3n) is 3.60. The number of carbonyl (C=O) groups is 1. The summed E-state index contributed by atoms with van der Waals surface area (Å²) in [7, 11) is 0. The number of hydrogen-bond acceptors (Lipinski definition) is 4. The number of aliphatic carboxylic acids is 1. The Bertz CT molecular complexity index is 1050. The molecule has 0 radical (unpaired) electrons. The molecule has 4 rings (SSSR count). The molecule has 0 fully saturated rings. The van der Waals surface area contributed by atoms with Crippen LogP contribution in [0, 0.1) is 0 Å².